The van der Waals surface area contributed by atoms with Crippen LogP contribution in [0.1, 0.15) is 28.8 Å². The number of aromatic nitrogens is 1. The summed E-state index contributed by atoms with van der Waals surface area (Å²) in [6.07, 6.45) is 3.62. The van der Waals surface area contributed by atoms with Gasteiger partial charge in [0.2, 0.25) is 0 Å². The molecule has 0 aliphatic carbocycles. The highest BCUT2D eigenvalue weighted by atomic mass is 32.1. The standard InChI is InChI=1S/C18H19N5O3S/c1-12-5-4-8-19-16(12)20-18(27)21-17(24)13-6-7-14(15(11-13)23(25)26)22-9-2-3-10-22/h4-8,11H,2-3,9-10H2,1H3,(H2,19,20,21,24,27). The van der Waals surface area contributed by atoms with Crippen molar-refractivity contribution in [2.24, 2.45) is 0 Å². The Morgan fingerprint density at radius 1 is 1.30 bits per heavy atom. The van der Waals surface area contributed by atoms with Crippen molar-refractivity contribution in [3.63, 3.8) is 0 Å². The summed E-state index contributed by atoms with van der Waals surface area (Å²) in [5.41, 5.74) is 1.51. The quantitative estimate of drug-likeness (QED) is 0.474. The molecule has 0 saturated carbocycles. The number of nitro groups is 1. The molecule has 2 heterocycles. The molecule has 8 nitrogen and oxygen atoms in total. The molecule has 0 spiro atoms. The Bertz CT molecular complexity index is 896. The predicted molar refractivity (Wildman–Crippen MR) is 107 cm³/mol. The molecule has 3 rings (SSSR count). The van der Waals surface area contributed by atoms with Crippen molar-refractivity contribution in [2.45, 2.75) is 19.8 Å². The summed E-state index contributed by atoms with van der Waals surface area (Å²) in [6, 6.07) is 8.14. The summed E-state index contributed by atoms with van der Waals surface area (Å²) in [6.45, 7) is 3.42. The molecule has 1 aliphatic rings. The first-order valence-corrected chi connectivity index (χ1v) is 8.94. The number of benzene rings is 1. The summed E-state index contributed by atoms with van der Waals surface area (Å²) < 4.78 is 0. The van der Waals surface area contributed by atoms with E-state index in [9.17, 15) is 14.9 Å². The van der Waals surface area contributed by atoms with Gasteiger partial charge in [-0.25, -0.2) is 4.98 Å². The van der Waals surface area contributed by atoms with Crippen molar-refractivity contribution in [1.29, 1.82) is 0 Å². The van der Waals surface area contributed by atoms with Crippen LogP contribution in [0.4, 0.5) is 17.2 Å². The number of hydrogen-bond acceptors (Lipinski definition) is 6. The lowest BCUT2D eigenvalue weighted by Crippen LogP contribution is -2.34. The third-order valence-corrected chi connectivity index (χ3v) is 4.55. The molecule has 1 aromatic carbocycles. The maximum absolute atomic E-state index is 12.4. The molecule has 0 atom stereocenters. The average Bonchev–Trinajstić information content (AvgIpc) is 3.17. The third kappa shape index (κ3) is 4.37. The maximum atomic E-state index is 12.4. The Labute approximate surface area is 161 Å². The first kappa shape index (κ1) is 18.7. The summed E-state index contributed by atoms with van der Waals surface area (Å²) in [5, 5.41) is 16.9. The Morgan fingerprint density at radius 2 is 2.04 bits per heavy atom. The number of carbonyl (C=O) groups is 1. The van der Waals surface area contributed by atoms with E-state index in [-0.39, 0.29) is 16.4 Å². The van der Waals surface area contributed by atoms with Crippen molar-refractivity contribution in [3.05, 3.63) is 57.8 Å². The van der Waals surface area contributed by atoms with Gasteiger partial charge >= 0.3 is 0 Å². The van der Waals surface area contributed by atoms with Gasteiger partial charge in [-0.15, -0.1) is 0 Å². The van der Waals surface area contributed by atoms with Gasteiger partial charge in [-0.05, 0) is 55.7 Å². The number of carbonyl (C=O) groups excluding carboxylic acids is 1. The normalized spacial score (nSPS) is 13.3. The Kier molecular flexibility index (Phi) is 5.60. The minimum Gasteiger partial charge on any atom is -0.366 e. The molecule has 1 saturated heterocycles. The number of thiocarbonyl (C=S) groups is 1. The Morgan fingerprint density at radius 3 is 2.70 bits per heavy atom. The Hall–Kier alpha value is -3.07. The summed E-state index contributed by atoms with van der Waals surface area (Å²) >= 11 is 5.14. The van der Waals surface area contributed by atoms with Gasteiger partial charge in [0.25, 0.3) is 11.6 Å². The van der Waals surface area contributed by atoms with Gasteiger partial charge in [-0.1, -0.05) is 6.07 Å². The van der Waals surface area contributed by atoms with Crippen LogP contribution in [0.3, 0.4) is 0 Å². The van der Waals surface area contributed by atoms with Gasteiger partial charge in [-0.2, -0.15) is 0 Å². The SMILES string of the molecule is Cc1cccnc1NC(=S)NC(=O)c1ccc(N2CCCC2)c([N+](=O)[O-])c1. The molecule has 1 aliphatic heterocycles. The van der Waals surface area contributed by atoms with Gasteiger partial charge in [0.05, 0.1) is 4.92 Å². The second-order valence-electron chi connectivity index (χ2n) is 6.23. The number of anilines is 2. The van der Waals surface area contributed by atoms with Crippen LogP contribution >= 0.6 is 12.2 Å². The largest absolute Gasteiger partial charge is 0.366 e. The van der Waals surface area contributed by atoms with Crippen LogP contribution < -0.4 is 15.5 Å². The van der Waals surface area contributed by atoms with Crippen molar-refractivity contribution in [3.8, 4) is 0 Å². The second kappa shape index (κ2) is 8.09. The van der Waals surface area contributed by atoms with E-state index in [2.05, 4.69) is 15.6 Å². The lowest BCUT2D eigenvalue weighted by atomic mass is 10.1. The molecular weight excluding hydrogens is 366 g/mol. The van der Waals surface area contributed by atoms with Crippen LogP contribution in [0, 0.1) is 17.0 Å². The first-order valence-electron chi connectivity index (χ1n) is 8.53. The predicted octanol–water partition coefficient (Wildman–Crippen LogP) is 3.03. The summed E-state index contributed by atoms with van der Waals surface area (Å²) in [5.74, 6) is 0.0234. The van der Waals surface area contributed by atoms with E-state index in [0.29, 0.717) is 11.5 Å². The molecule has 0 bridgehead atoms. The van der Waals surface area contributed by atoms with Gasteiger partial charge in [0.1, 0.15) is 11.5 Å². The summed E-state index contributed by atoms with van der Waals surface area (Å²) in [7, 11) is 0. The number of nitrogens with zero attached hydrogens (tertiary/aromatic N) is 3. The molecule has 9 heteroatoms. The average molecular weight is 385 g/mol. The minimum atomic E-state index is -0.517. The lowest BCUT2D eigenvalue weighted by Gasteiger charge is -2.18. The number of rotatable bonds is 4. The van der Waals surface area contributed by atoms with Crippen LogP contribution in [0.15, 0.2) is 36.5 Å². The molecule has 140 valence electrons. The van der Waals surface area contributed by atoms with Crippen LogP contribution in [0.2, 0.25) is 0 Å². The second-order valence-corrected chi connectivity index (χ2v) is 6.64. The van der Waals surface area contributed by atoms with Crippen molar-refractivity contribution in [2.75, 3.05) is 23.3 Å². The number of nitrogens with one attached hydrogen (secondary N) is 2. The number of pyridine rings is 1. The van der Waals surface area contributed by atoms with Gasteiger partial charge in [0, 0.05) is 30.9 Å². The Balaban J connectivity index is 1.74. The number of aryl methyl sites for hydroxylation is 1. The van der Waals surface area contributed by atoms with Crippen LogP contribution in [-0.2, 0) is 0 Å². The van der Waals surface area contributed by atoms with Crippen molar-refractivity contribution >= 4 is 40.4 Å². The van der Waals surface area contributed by atoms with Crippen LogP contribution in [0.25, 0.3) is 0 Å². The zero-order valence-electron chi connectivity index (χ0n) is 14.8. The summed E-state index contributed by atoms with van der Waals surface area (Å²) in [4.78, 5) is 29.6. The molecule has 0 unspecified atom stereocenters. The zero-order valence-corrected chi connectivity index (χ0v) is 15.6. The topological polar surface area (TPSA) is 100 Å². The smallest absolute Gasteiger partial charge is 0.293 e. The fraction of sp³-hybridized carbons (Fsp3) is 0.278. The third-order valence-electron chi connectivity index (χ3n) is 4.35. The van der Waals surface area contributed by atoms with E-state index in [0.717, 1.165) is 31.5 Å². The van der Waals surface area contributed by atoms with Crippen LogP contribution in [0.5, 0.6) is 0 Å². The fourth-order valence-corrected chi connectivity index (χ4v) is 3.16. The molecule has 1 amide bonds. The number of hydrogen-bond donors (Lipinski definition) is 2. The fourth-order valence-electron chi connectivity index (χ4n) is 2.97. The number of amides is 1. The molecule has 0 radical (unpaired) electrons. The van der Waals surface area contributed by atoms with Crippen LogP contribution in [-0.4, -0.2) is 34.0 Å². The first-order chi connectivity index (χ1) is 13.0. The van der Waals surface area contributed by atoms with Gasteiger partial charge in [-0.3, -0.25) is 20.2 Å². The van der Waals surface area contributed by atoms with E-state index >= 15 is 0 Å². The van der Waals surface area contributed by atoms with E-state index in [1.54, 1.807) is 24.4 Å². The molecule has 27 heavy (non-hydrogen) atoms. The van der Waals surface area contributed by atoms with Crippen molar-refractivity contribution < 1.29 is 9.72 Å². The minimum absolute atomic E-state index is 0.0769. The molecule has 2 N–H and O–H groups in total. The highest BCUT2D eigenvalue weighted by Gasteiger charge is 2.24. The lowest BCUT2D eigenvalue weighted by molar-refractivity contribution is -0.384. The molecule has 2 aromatic rings. The highest BCUT2D eigenvalue weighted by molar-refractivity contribution is 7.80. The van der Waals surface area contributed by atoms with Gasteiger partial charge in [0.15, 0.2) is 5.11 Å². The molecule has 1 aromatic heterocycles. The molecule has 1 fully saturated rings. The van der Waals surface area contributed by atoms with Crippen molar-refractivity contribution in [1.82, 2.24) is 10.3 Å². The number of nitro benzene ring substituents is 1. The molecular formula is C18H19N5O3S. The van der Waals surface area contributed by atoms with E-state index in [1.165, 1.54) is 6.07 Å². The highest BCUT2D eigenvalue weighted by Crippen LogP contribution is 2.31. The monoisotopic (exact) mass is 385 g/mol. The van der Waals surface area contributed by atoms with E-state index in [1.807, 2.05) is 17.9 Å². The zero-order chi connectivity index (χ0) is 19.4. The maximum Gasteiger partial charge on any atom is 0.293 e. The van der Waals surface area contributed by atoms with E-state index < -0.39 is 10.8 Å². The van der Waals surface area contributed by atoms with Gasteiger partial charge < -0.3 is 10.2 Å². The van der Waals surface area contributed by atoms with E-state index in [4.69, 9.17) is 12.2 Å².